The minimum Gasteiger partial charge on any atom is -0.495 e. The Hall–Kier alpha value is -4.81. The zero-order valence-corrected chi connectivity index (χ0v) is 22.3. The number of carbonyl (C=O) groups is 5. The molecule has 3 rings (SSSR count). The number of ether oxygens (including phenoxy) is 1. The number of piperazine rings is 1. The van der Waals surface area contributed by atoms with Gasteiger partial charge in [0.1, 0.15) is 11.8 Å². The van der Waals surface area contributed by atoms with E-state index >= 15 is 0 Å². The summed E-state index contributed by atoms with van der Waals surface area (Å²) in [5.74, 6) is -2.42. The molecule has 13 heteroatoms. The molecule has 0 spiro atoms. The standard InChI is InChI=1S/C27H33N5O8/c1-17-5-3-4-6-19(17)28-26(38)29-20-9-7-18(15-22(20)40-2)8-10-23(33)31-11-13-32(14-12-31)27(39)30-21(25(36)37)16-24(34)35/h3-7,9,15,21H,8,10-14,16H2,1-2H3,(H,30,39)(H,34,35)(H,36,37)(H2,28,29,38). The third-order valence-electron chi connectivity index (χ3n) is 6.43. The van der Waals surface area contributed by atoms with Gasteiger partial charge in [-0.1, -0.05) is 24.3 Å². The van der Waals surface area contributed by atoms with Gasteiger partial charge in [-0.05, 0) is 42.7 Å². The third kappa shape index (κ3) is 8.35. The molecule has 0 aliphatic carbocycles. The van der Waals surface area contributed by atoms with Crippen LogP contribution in [0, 0.1) is 6.92 Å². The van der Waals surface area contributed by atoms with Crippen molar-refractivity contribution >= 4 is 41.3 Å². The Balaban J connectivity index is 1.48. The lowest BCUT2D eigenvalue weighted by atomic mass is 10.1. The maximum Gasteiger partial charge on any atom is 0.326 e. The molecule has 1 atom stereocenters. The van der Waals surface area contributed by atoms with Crippen LogP contribution in [-0.4, -0.2) is 89.3 Å². The first-order valence-corrected chi connectivity index (χ1v) is 12.7. The second kappa shape index (κ2) is 13.8. The van der Waals surface area contributed by atoms with Crippen LogP contribution in [0.5, 0.6) is 5.75 Å². The van der Waals surface area contributed by atoms with Gasteiger partial charge in [-0.3, -0.25) is 9.59 Å². The molecule has 1 saturated heterocycles. The number of anilines is 2. The number of methoxy groups -OCH3 is 1. The van der Waals surface area contributed by atoms with Crippen molar-refractivity contribution in [3.8, 4) is 5.75 Å². The molecule has 2 aromatic rings. The van der Waals surface area contributed by atoms with Gasteiger partial charge in [0.2, 0.25) is 5.91 Å². The number of carboxylic acids is 2. The largest absolute Gasteiger partial charge is 0.495 e. The molecule has 0 bridgehead atoms. The van der Waals surface area contributed by atoms with Gasteiger partial charge < -0.3 is 40.7 Å². The van der Waals surface area contributed by atoms with Crippen LogP contribution >= 0.6 is 0 Å². The highest BCUT2D eigenvalue weighted by atomic mass is 16.5. The van der Waals surface area contributed by atoms with Crippen molar-refractivity contribution in [3.63, 3.8) is 0 Å². The van der Waals surface area contributed by atoms with E-state index in [-0.39, 0.29) is 38.5 Å². The highest BCUT2D eigenvalue weighted by Crippen LogP contribution is 2.27. The summed E-state index contributed by atoms with van der Waals surface area (Å²) in [7, 11) is 1.49. The number of nitrogens with zero attached hydrogens (tertiary/aromatic N) is 2. The molecular weight excluding hydrogens is 522 g/mol. The molecule has 5 amide bonds. The van der Waals surface area contributed by atoms with Gasteiger partial charge >= 0.3 is 24.0 Å². The van der Waals surface area contributed by atoms with E-state index < -0.39 is 36.5 Å². The highest BCUT2D eigenvalue weighted by molar-refractivity contribution is 6.01. The van der Waals surface area contributed by atoms with E-state index in [1.165, 1.54) is 12.0 Å². The van der Waals surface area contributed by atoms with Crippen LogP contribution in [0.15, 0.2) is 42.5 Å². The number of amides is 5. The van der Waals surface area contributed by atoms with Crippen LogP contribution in [0.4, 0.5) is 21.0 Å². The molecule has 5 N–H and O–H groups in total. The number of carbonyl (C=O) groups excluding carboxylic acids is 3. The van der Waals surface area contributed by atoms with Gasteiger partial charge in [0.15, 0.2) is 0 Å². The van der Waals surface area contributed by atoms with Crippen molar-refractivity contribution in [2.24, 2.45) is 0 Å². The Kier molecular flexibility index (Phi) is 10.3. The van der Waals surface area contributed by atoms with Gasteiger partial charge in [0.05, 0.1) is 19.2 Å². The lowest BCUT2D eigenvalue weighted by molar-refractivity contribution is -0.145. The number of carboxylic acid groups (broad SMARTS) is 2. The van der Waals surface area contributed by atoms with Crippen LogP contribution in [0.25, 0.3) is 0 Å². The van der Waals surface area contributed by atoms with Crippen molar-refractivity contribution in [1.82, 2.24) is 15.1 Å². The van der Waals surface area contributed by atoms with E-state index in [0.29, 0.717) is 23.5 Å². The number of aryl methyl sites for hydroxylation is 2. The Morgan fingerprint density at radius 1 is 0.925 bits per heavy atom. The molecule has 1 heterocycles. The molecule has 214 valence electrons. The SMILES string of the molecule is COc1cc(CCC(=O)N2CCN(C(=O)NC(CC(=O)O)C(=O)O)CC2)ccc1NC(=O)Nc1ccccc1C. The highest BCUT2D eigenvalue weighted by Gasteiger charge is 2.28. The van der Waals surface area contributed by atoms with Crippen molar-refractivity contribution in [2.45, 2.75) is 32.2 Å². The lowest BCUT2D eigenvalue weighted by Gasteiger charge is -2.35. The smallest absolute Gasteiger partial charge is 0.326 e. The van der Waals surface area contributed by atoms with Crippen molar-refractivity contribution in [3.05, 3.63) is 53.6 Å². The molecule has 40 heavy (non-hydrogen) atoms. The Morgan fingerprint density at radius 3 is 2.20 bits per heavy atom. The number of aliphatic carboxylic acids is 2. The lowest BCUT2D eigenvalue weighted by Crippen LogP contribution is -2.55. The Bertz CT molecular complexity index is 1260. The number of hydrogen-bond acceptors (Lipinski definition) is 6. The predicted octanol–water partition coefficient (Wildman–Crippen LogP) is 2.36. The molecule has 13 nitrogen and oxygen atoms in total. The van der Waals surface area contributed by atoms with E-state index in [4.69, 9.17) is 14.9 Å². The first-order valence-electron chi connectivity index (χ1n) is 12.7. The summed E-state index contributed by atoms with van der Waals surface area (Å²) < 4.78 is 5.43. The first kappa shape index (κ1) is 29.7. The van der Waals surface area contributed by atoms with Crippen molar-refractivity contribution in [2.75, 3.05) is 43.9 Å². The average Bonchev–Trinajstić information content (AvgIpc) is 2.92. The molecule has 1 aliphatic heterocycles. The molecule has 1 unspecified atom stereocenters. The van der Waals surface area contributed by atoms with Gasteiger partial charge in [-0.15, -0.1) is 0 Å². The van der Waals surface area contributed by atoms with E-state index in [9.17, 15) is 24.0 Å². The van der Waals surface area contributed by atoms with Gasteiger partial charge in [0, 0.05) is 38.3 Å². The average molecular weight is 556 g/mol. The molecule has 0 radical (unpaired) electrons. The van der Waals surface area contributed by atoms with Crippen LogP contribution in [-0.2, 0) is 20.8 Å². The van der Waals surface area contributed by atoms with E-state index in [2.05, 4.69) is 16.0 Å². The topological polar surface area (TPSA) is 178 Å². The summed E-state index contributed by atoms with van der Waals surface area (Å²) in [5.41, 5.74) is 2.94. The zero-order valence-electron chi connectivity index (χ0n) is 22.3. The zero-order chi connectivity index (χ0) is 29.2. The molecule has 0 saturated carbocycles. The monoisotopic (exact) mass is 555 g/mol. The maximum absolute atomic E-state index is 12.8. The van der Waals surface area contributed by atoms with Crippen molar-refractivity contribution in [1.29, 1.82) is 0 Å². The first-order chi connectivity index (χ1) is 19.1. The number of nitrogens with one attached hydrogen (secondary N) is 3. The summed E-state index contributed by atoms with van der Waals surface area (Å²) in [5, 5.41) is 25.7. The molecule has 2 aromatic carbocycles. The van der Waals surface area contributed by atoms with Gasteiger partial charge in [0.25, 0.3) is 0 Å². The summed E-state index contributed by atoms with van der Waals surface area (Å²) in [4.78, 5) is 62.6. The predicted molar refractivity (Wildman–Crippen MR) is 145 cm³/mol. The van der Waals surface area contributed by atoms with Crippen LogP contribution in [0.2, 0.25) is 0 Å². The summed E-state index contributed by atoms with van der Waals surface area (Å²) in [6, 6.07) is 10.0. The second-order valence-electron chi connectivity index (χ2n) is 9.23. The second-order valence-corrected chi connectivity index (χ2v) is 9.23. The maximum atomic E-state index is 12.8. The fourth-order valence-corrected chi connectivity index (χ4v) is 4.17. The molecule has 0 aromatic heterocycles. The summed E-state index contributed by atoms with van der Waals surface area (Å²) in [6.07, 6.45) is -0.0847. The number of benzene rings is 2. The van der Waals surface area contributed by atoms with E-state index in [1.807, 2.05) is 25.1 Å². The number of rotatable bonds is 10. The molecule has 1 fully saturated rings. The minimum atomic E-state index is -1.54. The minimum absolute atomic E-state index is 0.104. The quantitative estimate of drug-likeness (QED) is 0.297. The number of para-hydroxylation sites is 1. The fraction of sp³-hybridized carbons (Fsp3) is 0.370. The normalized spacial score (nSPS) is 13.7. The van der Waals surface area contributed by atoms with Gasteiger partial charge in [-0.25, -0.2) is 14.4 Å². The molecule has 1 aliphatic rings. The Labute approximate surface area is 231 Å². The third-order valence-corrected chi connectivity index (χ3v) is 6.43. The van der Waals surface area contributed by atoms with E-state index in [0.717, 1.165) is 11.1 Å². The fourth-order valence-electron chi connectivity index (χ4n) is 4.17. The van der Waals surface area contributed by atoms with Crippen LogP contribution in [0.3, 0.4) is 0 Å². The summed E-state index contributed by atoms with van der Waals surface area (Å²) in [6.45, 7) is 2.81. The van der Waals surface area contributed by atoms with Gasteiger partial charge in [-0.2, -0.15) is 0 Å². The Morgan fingerprint density at radius 2 is 1.57 bits per heavy atom. The van der Waals surface area contributed by atoms with E-state index in [1.54, 1.807) is 29.2 Å². The number of urea groups is 2. The number of hydrogen-bond donors (Lipinski definition) is 5. The summed E-state index contributed by atoms with van der Waals surface area (Å²) >= 11 is 0. The van der Waals surface area contributed by atoms with Crippen LogP contribution < -0.4 is 20.7 Å². The van der Waals surface area contributed by atoms with Crippen molar-refractivity contribution < 1.29 is 38.9 Å². The molecular formula is C27H33N5O8. The van der Waals surface area contributed by atoms with Crippen LogP contribution in [0.1, 0.15) is 24.0 Å².